The van der Waals surface area contributed by atoms with Crippen LogP contribution in [0.2, 0.25) is 0 Å². The van der Waals surface area contributed by atoms with Crippen molar-refractivity contribution in [3.8, 4) is 0 Å². The Morgan fingerprint density at radius 1 is 0.909 bits per heavy atom. The number of benzene rings is 3. The van der Waals surface area contributed by atoms with Gasteiger partial charge in [0.25, 0.3) is 0 Å². The summed E-state index contributed by atoms with van der Waals surface area (Å²) in [7, 11) is 0. The highest BCUT2D eigenvalue weighted by Crippen LogP contribution is 2.39. The predicted molar refractivity (Wildman–Crippen MR) is 89.8 cm³/mol. The molecule has 0 saturated heterocycles. The number of hydrogen-bond donors (Lipinski definition) is 0. The number of aryl methyl sites for hydroxylation is 2. The summed E-state index contributed by atoms with van der Waals surface area (Å²) < 4.78 is 16.3. The summed E-state index contributed by atoms with van der Waals surface area (Å²) in [5, 5.41) is 4.66. The fourth-order valence-corrected chi connectivity index (χ4v) is 4.05. The van der Waals surface area contributed by atoms with Crippen LogP contribution in [-0.2, 0) is 13.0 Å². The third kappa shape index (κ3) is 1.52. The van der Waals surface area contributed by atoms with Gasteiger partial charge in [0.2, 0.25) is 0 Å². The molecule has 108 valence electrons. The fourth-order valence-electron chi connectivity index (χ4n) is 4.05. The summed E-state index contributed by atoms with van der Waals surface area (Å²) in [5.41, 5.74) is 4.00. The summed E-state index contributed by atoms with van der Waals surface area (Å²) >= 11 is 0. The lowest BCUT2D eigenvalue weighted by atomic mass is 9.98. The van der Waals surface area contributed by atoms with E-state index in [1.54, 1.807) is 12.1 Å². The van der Waals surface area contributed by atoms with E-state index in [4.69, 9.17) is 0 Å². The van der Waals surface area contributed by atoms with Crippen molar-refractivity contribution in [2.24, 2.45) is 0 Å². The molecule has 1 aliphatic rings. The van der Waals surface area contributed by atoms with Crippen LogP contribution < -0.4 is 0 Å². The molecule has 5 rings (SSSR count). The summed E-state index contributed by atoms with van der Waals surface area (Å²) in [5.74, 6) is -0.159. The standard InChI is InChI=1S/C20H16FN/c21-15-9-8-13-11-14-5-3-4-10-22-18-7-2-1-6-16(18)19(20(14)22)17(13)12-15/h1-2,6-9,11-12H,3-5,10H2. The van der Waals surface area contributed by atoms with Crippen LogP contribution in [0.3, 0.4) is 0 Å². The molecule has 0 radical (unpaired) electrons. The molecular weight excluding hydrogens is 273 g/mol. The molecule has 4 aromatic rings. The molecule has 0 spiro atoms. The third-order valence-corrected chi connectivity index (χ3v) is 4.97. The number of rotatable bonds is 0. The van der Waals surface area contributed by atoms with Gasteiger partial charge in [0.05, 0.1) is 5.52 Å². The zero-order chi connectivity index (χ0) is 14.7. The summed E-state index contributed by atoms with van der Waals surface area (Å²) in [4.78, 5) is 0. The van der Waals surface area contributed by atoms with Gasteiger partial charge in [-0.25, -0.2) is 4.39 Å². The molecule has 0 fully saturated rings. The summed E-state index contributed by atoms with van der Waals surface area (Å²) in [6.07, 6.45) is 3.53. The van der Waals surface area contributed by atoms with Gasteiger partial charge in [-0.05, 0) is 59.9 Å². The molecule has 0 unspecified atom stereocenters. The van der Waals surface area contributed by atoms with Crippen LogP contribution in [0.15, 0.2) is 48.5 Å². The van der Waals surface area contributed by atoms with E-state index < -0.39 is 0 Å². The maximum Gasteiger partial charge on any atom is 0.123 e. The van der Waals surface area contributed by atoms with Crippen molar-refractivity contribution in [1.29, 1.82) is 0 Å². The maximum atomic E-state index is 13.8. The quantitative estimate of drug-likeness (QED) is 0.407. The molecule has 1 aromatic heterocycles. The van der Waals surface area contributed by atoms with Gasteiger partial charge in [0.15, 0.2) is 0 Å². The molecule has 3 aromatic carbocycles. The normalized spacial score (nSPS) is 14.8. The molecule has 0 atom stereocenters. The van der Waals surface area contributed by atoms with Crippen molar-refractivity contribution in [2.45, 2.75) is 25.8 Å². The van der Waals surface area contributed by atoms with Crippen LogP contribution >= 0.6 is 0 Å². The smallest absolute Gasteiger partial charge is 0.123 e. The number of halogens is 1. The van der Waals surface area contributed by atoms with Gasteiger partial charge in [-0.1, -0.05) is 24.3 Å². The van der Waals surface area contributed by atoms with Crippen LogP contribution in [0.5, 0.6) is 0 Å². The second kappa shape index (κ2) is 4.33. The lowest BCUT2D eigenvalue weighted by Crippen LogP contribution is -1.95. The van der Waals surface area contributed by atoms with E-state index in [0.717, 1.165) is 23.7 Å². The molecule has 22 heavy (non-hydrogen) atoms. The molecule has 2 heterocycles. The van der Waals surface area contributed by atoms with Gasteiger partial charge in [0.1, 0.15) is 5.82 Å². The van der Waals surface area contributed by atoms with Gasteiger partial charge in [-0.3, -0.25) is 0 Å². The molecule has 2 heteroatoms. The van der Waals surface area contributed by atoms with E-state index in [0.29, 0.717) is 0 Å². The zero-order valence-electron chi connectivity index (χ0n) is 12.3. The molecule has 0 bridgehead atoms. The lowest BCUT2D eigenvalue weighted by molar-refractivity contribution is 0.630. The Bertz CT molecular complexity index is 1040. The highest BCUT2D eigenvalue weighted by molar-refractivity contribution is 6.21. The Balaban J connectivity index is 2.13. The highest BCUT2D eigenvalue weighted by Gasteiger charge is 2.19. The average molecular weight is 289 g/mol. The first-order valence-electron chi connectivity index (χ1n) is 7.95. The Morgan fingerprint density at radius 3 is 2.77 bits per heavy atom. The molecule has 0 N–H and O–H groups in total. The van der Waals surface area contributed by atoms with Gasteiger partial charge in [-0.15, -0.1) is 0 Å². The van der Waals surface area contributed by atoms with Crippen LogP contribution in [0.25, 0.3) is 32.6 Å². The van der Waals surface area contributed by atoms with Crippen molar-refractivity contribution in [3.63, 3.8) is 0 Å². The molecule has 1 nitrogen and oxygen atoms in total. The zero-order valence-corrected chi connectivity index (χ0v) is 12.3. The minimum Gasteiger partial charge on any atom is -0.340 e. The predicted octanol–water partition coefficient (Wildman–Crippen LogP) is 5.42. The Morgan fingerprint density at radius 2 is 1.82 bits per heavy atom. The van der Waals surface area contributed by atoms with Crippen LogP contribution in [0.4, 0.5) is 4.39 Å². The molecular formula is C20H16FN. The minimum atomic E-state index is -0.159. The second-order valence-electron chi connectivity index (χ2n) is 6.25. The monoisotopic (exact) mass is 289 g/mol. The van der Waals surface area contributed by atoms with E-state index in [2.05, 4.69) is 34.9 Å². The number of para-hydroxylation sites is 1. The van der Waals surface area contributed by atoms with Crippen molar-refractivity contribution in [1.82, 2.24) is 4.57 Å². The second-order valence-corrected chi connectivity index (χ2v) is 6.25. The molecule has 0 amide bonds. The minimum absolute atomic E-state index is 0.159. The number of hydrogen-bond acceptors (Lipinski definition) is 0. The molecule has 1 aliphatic heterocycles. The van der Waals surface area contributed by atoms with Gasteiger partial charge < -0.3 is 4.57 Å². The fraction of sp³-hybridized carbons (Fsp3) is 0.200. The van der Waals surface area contributed by atoms with Crippen LogP contribution in [0, 0.1) is 5.82 Å². The van der Waals surface area contributed by atoms with Crippen molar-refractivity contribution in [2.75, 3.05) is 0 Å². The van der Waals surface area contributed by atoms with Gasteiger partial charge in [-0.2, -0.15) is 0 Å². The first kappa shape index (κ1) is 12.2. The molecule has 0 aliphatic carbocycles. The van der Waals surface area contributed by atoms with Crippen molar-refractivity contribution in [3.05, 3.63) is 59.9 Å². The van der Waals surface area contributed by atoms with E-state index >= 15 is 0 Å². The third-order valence-electron chi connectivity index (χ3n) is 4.97. The SMILES string of the molecule is Fc1ccc2cc3c4c(c2c1)c1ccccc1n4CCCC3. The largest absolute Gasteiger partial charge is 0.340 e. The van der Waals surface area contributed by atoms with E-state index in [9.17, 15) is 4.39 Å². The molecule has 0 saturated carbocycles. The van der Waals surface area contributed by atoms with E-state index in [1.807, 2.05) is 6.07 Å². The maximum absolute atomic E-state index is 13.8. The van der Waals surface area contributed by atoms with E-state index in [-0.39, 0.29) is 5.82 Å². The highest BCUT2D eigenvalue weighted by atomic mass is 19.1. The Labute approximate surface area is 128 Å². The topological polar surface area (TPSA) is 4.93 Å². The van der Waals surface area contributed by atoms with Crippen LogP contribution in [-0.4, -0.2) is 4.57 Å². The first-order chi connectivity index (χ1) is 10.8. The first-order valence-corrected chi connectivity index (χ1v) is 7.95. The lowest BCUT2D eigenvalue weighted by Gasteiger charge is -2.08. The number of nitrogens with zero attached hydrogens (tertiary/aromatic N) is 1. The van der Waals surface area contributed by atoms with Crippen LogP contribution in [0.1, 0.15) is 18.4 Å². The number of aromatic nitrogens is 1. The average Bonchev–Trinajstić information content (AvgIpc) is 2.72. The van der Waals surface area contributed by atoms with E-state index in [1.165, 1.54) is 40.2 Å². The number of fused-ring (bicyclic) bond motifs is 5. The van der Waals surface area contributed by atoms with Gasteiger partial charge in [0, 0.05) is 22.8 Å². The summed E-state index contributed by atoms with van der Waals surface area (Å²) in [6.45, 7) is 1.05. The summed E-state index contributed by atoms with van der Waals surface area (Å²) in [6, 6.07) is 16.0. The van der Waals surface area contributed by atoms with Crippen molar-refractivity contribution >= 4 is 32.6 Å². The van der Waals surface area contributed by atoms with Crippen molar-refractivity contribution < 1.29 is 4.39 Å². The Kier molecular flexibility index (Phi) is 2.40. The van der Waals surface area contributed by atoms with Gasteiger partial charge >= 0.3 is 0 Å². The Hall–Kier alpha value is -2.35.